The lowest BCUT2D eigenvalue weighted by Gasteiger charge is -2.24. The van der Waals surface area contributed by atoms with Crippen LogP contribution in [-0.4, -0.2) is 47.4 Å². The topological polar surface area (TPSA) is 75.7 Å². The van der Waals surface area contributed by atoms with E-state index in [1.165, 1.54) is 4.90 Å². The summed E-state index contributed by atoms with van der Waals surface area (Å²) in [4.78, 5) is 35.4. The molecule has 0 saturated carbocycles. The number of Topliss-reactive ketones (excluding diaryl/α,β-unsaturated/α-hetero) is 1. The summed E-state index contributed by atoms with van der Waals surface area (Å²) in [6, 6.07) is -0.255. The van der Waals surface area contributed by atoms with E-state index in [4.69, 9.17) is 4.74 Å². The number of hydrogen-bond acceptors (Lipinski definition) is 4. The summed E-state index contributed by atoms with van der Waals surface area (Å²) in [5.74, 6) is -0.262. The lowest BCUT2D eigenvalue weighted by atomic mass is 10.2. The van der Waals surface area contributed by atoms with E-state index in [9.17, 15) is 14.4 Å². The van der Waals surface area contributed by atoms with Crippen molar-refractivity contribution < 1.29 is 19.1 Å². The Kier molecular flexibility index (Phi) is 4.32. The van der Waals surface area contributed by atoms with Gasteiger partial charge in [0.15, 0.2) is 5.78 Å². The van der Waals surface area contributed by atoms with E-state index in [1.807, 2.05) is 0 Å². The average molecular weight is 256 g/mol. The number of alkyl carbamates (subject to hydrolysis) is 1. The van der Waals surface area contributed by atoms with Gasteiger partial charge in [-0.3, -0.25) is 9.59 Å². The molecule has 1 fully saturated rings. The molecule has 0 aromatic heterocycles. The normalized spacial score (nSPS) is 17.9. The molecule has 1 aliphatic heterocycles. The molecule has 1 rings (SSSR count). The zero-order chi connectivity index (χ0) is 13.9. The van der Waals surface area contributed by atoms with E-state index in [1.54, 1.807) is 27.7 Å². The van der Waals surface area contributed by atoms with Crippen LogP contribution in [0.25, 0.3) is 0 Å². The SMILES string of the molecule is CC(CN1CC(=O)CC1=O)NC(=O)OC(C)(C)C. The van der Waals surface area contributed by atoms with Crippen LogP contribution in [0.2, 0.25) is 0 Å². The molecule has 2 amide bonds. The quantitative estimate of drug-likeness (QED) is 0.754. The van der Waals surface area contributed by atoms with Crippen molar-refractivity contribution in [2.24, 2.45) is 0 Å². The van der Waals surface area contributed by atoms with Crippen molar-refractivity contribution in [3.05, 3.63) is 0 Å². The average Bonchev–Trinajstić information content (AvgIpc) is 2.40. The summed E-state index contributed by atoms with van der Waals surface area (Å²) in [6.45, 7) is 7.56. The molecular formula is C12H20N2O4. The van der Waals surface area contributed by atoms with Gasteiger partial charge < -0.3 is 15.0 Å². The molecule has 0 spiro atoms. The third-order valence-electron chi connectivity index (χ3n) is 2.33. The van der Waals surface area contributed by atoms with E-state index < -0.39 is 11.7 Å². The van der Waals surface area contributed by atoms with E-state index >= 15 is 0 Å². The molecule has 1 heterocycles. The van der Waals surface area contributed by atoms with E-state index in [0.717, 1.165) is 0 Å². The highest BCUT2D eigenvalue weighted by molar-refractivity contribution is 6.05. The maximum absolute atomic E-state index is 11.5. The van der Waals surface area contributed by atoms with Gasteiger partial charge in [0.25, 0.3) is 0 Å². The fourth-order valence-electron chi connectivity index (χ4n) is 1.69. The van der Waals surface area contributed by atoms with Crippen LogP contribution in [0.5, 0.6) is 0 Å². The van der Waals surface area contributed by atoms with Crippen LogP contribution in [0.1, 0.15) is 34.1 Å². The van der Waals surface area contributed by atoms with Crippen molar-refractivity contribution in [1.82, 2.24) is 10.2 Å². The molecule has 0 bridgehead atoms. The first-order chi connectivity index (χ1) is 8.17. The molecule has 1 saturated heterocycles. The standard InChI is InChI=1S/C12H20N2O4/c1-8(13-11(17)18-12(2,3)4)6-14-7-9(15)5-10(14)16/h8H,5-7H2,1-4H3,(H,13,17). The zero-order valence-electron chi connectivity index (χ0n) is 11.3. The number of hydrogen-bond donors (Lipinski definition) is 1. The maximum atomic E-state index is 11.5. The van der Waals surface area contributed by atoms with E-state index in [0.29, 0.717) is 6.54 Å². The Labute approximate surface area is 107 Å². The number of carbonyl (C=O) groups excluding carboxylic acids is 3. The third kappa shape index (κ3) is 4.73. The summed E-state index contributed by atoms with van der Waals surface area (Å²) >= 11 is 0. The van der Waals surface area contributed by atoms with Crippen LogP contribution in [0.3, 0.4) is 0 Å². The van der Waals surface area contributed by atoms with Crippen molar-refractivity contribution in [3.8, 4) is 0 Å². The van der Waals surface area contributed by atoms with Gasteiger partial charge in [0.2, 0.25) is 5.91 Å². The Balaban J connectivity index is 2.38. The van der Waals surface area contributed by atoms with Gasteiger partial charge in [0.1, 0.15) is 5.60 Å². The molecule has 0 aromatic carbocycles. The van der Waals surface area contributed by atoms with Crippen LogP contribution in [-0.2, 0) is 14.3 Å². The highest BCUT2D eigenvalue weighted by atomic mass is 16.6. The first kappa shape index (κ1) is 14.5. The Morgan fingerprint density at radius 3 is 2.50 bits per heavy atom. The fourth-order valence-corrected chi connectivity index (χ4v) is 1.69. The van der Waals surface area contributed by atoms with Gasteiger partial charge in [-0.2, -0.15) is 0 Å². The van der Waals surface area contributed by atoms with E-state index in [-0.39, 0.29) is 30.7 Å². The summed E-state index contributed by atoms with van der Waals surface area (Å²) < 4.78 is 5.10. The Hall–Kier alpha value is -1.59. The van der Waals surface area contributed by atoms with Crippen LogP contribution in [0, 0.1) is 0 Å². The second-order valence-corrected chi connectivity index (χ2v) is 5.54. The molecular weight excluding hydrogens is 236 g/mol. The first-order valence-electron chi connectivity index (χ1n) is 5.96. The lowest BCUT2D eigenvalue weighted by Crippen LogP contribution is -2.44. The predicted molar refractivity (Wildman–Crippen MR) is 65.0 cm³/mol. The molecule has 1 aliphatic rings. The minimum atomic E-state index is -0.552. The summed E-state index contributed by atoms with van der Waals surface area (Å²) in [5, 5.41) is 2.63. The molecule has 1 N–H and O–H groups in total. The van der Waals surface area contributed by atoms with Gasteiger partial charge in [-0.05, 0) is 27.7 Å². The van der Waals surface area contributed by atoms with Crippen LogP contribution in [0.15, 0.2) is 0 Å². The molecule has 102 valence electrons. The van der Waals surface area contributed by atoms with Gasteiger partial charge >= 0.3 is 6.09 Å². The molecule has 6 nitrogen and oxygen atoms in total. The molecule has 0 aliphatic carbocycles. The molecule has 18 heavy (non-hydrogen) atoms. The van der Waals surface area contributed by atoms with Crippen molar-refractivity contribution in [1.29, 1.82) is 0 Å². The summed E-state index contributed by atoms with van der Waals surface area (Å²) in [7, 11) is 0. The van der Waals surface area contributed by atoms with Gasteiger partial charge in [-0.1, -0.05) is 0 Å². The number of nitrogens with one attached hydrogen (secondary N) is 1. The third-order valence-corrected chi connectivity index (χ3v) is 2.33. The van der Waals surface area contributed by atoms with Crippen LogP contribution >= 0.6 is 0 Å². The summed E-state index contributed by atoms with van der Waals surface area (Å²) in [6.07, 6.45) is -0.549. The predicted octanol–water partition coefficient (Wildman–Crippen LogP) is 0.701. The van der Waals surface area contributed by atoms with Crippen LogP contribution in [0.4, 0.5) is 4.79 Å². The van der Waals surface area contributed by atoms with Gasteiger partial charge in [0, 0.05) is 12.6 Å². The Morgan fingerprint density at radius 1 is 1.44 bits per heavy atom. The maximum Gasteiger partial charge on any atom is 0.407 e. The van der Waals surface area contributed by atoms with Gasteiger partial charge in [-0.15, -0.1) is 0 Å². The number of ether oxygens (including phenoxy) is 1. The minimum Gasteiger partial charge on any atom is -0.444 e. The molecule has 0 radical (unpaired) electrons. The number of rotatable bonds is 3. The highest BCUT2D eigenvalue weighted by Gasteiger charge is 2.29. The van der Waals surface area contributed by atoms with Gasteiger partial charge in [0.05, 0.1) is 13.0 Å². The zero-order valence-corrected chi connectivity index (χ0v) is 11.3. The number of ketones is 1. The van der Waals surface area contributed by atoms with Crippen molar-refractivity contribution in [2.45, 2.75) is 45.8 Å². The lowest BCUT2D eigenvalue weighted by molar-refractivity contribution is -0.128. The van der Waals surface area contributed by atoms with Crippen molar-refractivity contribution in [2.75, 3.05) is 13.1 Å². The Bertz CT molecular complexity index is 360. The van der Waals surface area contributed by atoms with E-state index in [2.05, 4.69) is 5.32 Å². The highest BCUT2D eigenvalue weighted by Crippen LogP contribution is 2.09. The smallest absolute Gasteiger partial charge is 0.407 e. The number of carbonyl (C=O) groups is 3. The summed E-state index contributed by atoms with van der Waals surface area (Å²) in [5.41, 5.74) is -0.552. The molecule has 1 unspecified atom stereocenters. The minimum absolute atomic E-state index is 0.0286. The second-order valence-electron chi connectivity index (χ2n) is 5.54. The number of nitrogens with zero attached hydrogens (tertiary/aromatic N) is 1. The monoisotopic (exact) mass is 256 g/mol. The Morgan fingerprint density at radius 2 is 2.06 bits per heavy atom. The molecule has 6 heteroatoms. The first-order valence-corrected chi connectivity index (χ1v) is 5.96. The second kappa shape index (κ2) is 5.37. The molecule has 1 atom stereocenters. The van der Waals surface area contributed by atoms with Crippen molar-refractivity contribution >= 4 is 17.8 Å². The fraction of sp³-hybridized carbons (Fsp3) is 0.750. The van der Waals surface area contributed by atoms with Gasteiger partial charge in [-0.25, -0.2) is 4.79 Å². The largest absolute Gasteiger partial charge is 0.444 e. The van der Waals surface area contributed by atoms with Crippen LogP contribution < -0.4 is 5.32 Å². The molecule has 0 aromatic rings. The number of likely N-dealkylation sites (tertiary alicyclic amines) is 1. The number of amides is 2. The van der Waals surface area contributed by atoms with Crippen molar-refractivity contribution in [3.63, 3.8) is 0 Å².